The molecule has 4 aromatic rings. The van der Waals surface area contributed by atoms with Gasteiger partial charge in [-0.1, -0.05) is 91.9 Å². The molecule has 4 rings (SSSR count). The molecule has 0 fully saturated rings. The van der Waals surface area contributed by atoms with E-state index in [4.69, 9.17) is 14.2 Å². The van der Waals surface area contributed by atoms with E-state index in [9.17, 15) is 4.79 Å². The molecule has 4 aromatic carbocycles. The maximum atomic E-state index is 11.8. The number of nitrogens with zero attached hydrogens (tertiary/aromatic N) is 1. The van der Waals surface area contributed by atoms with Crippen molar-refractivity contribution >= 4 is 17.2 Å². The lowest BCUT2D eigenvalue weighted by molar-refractivity contribution is 0.110. The number of rotatable bonds is 12. The molecule has 0 heterocycles. The lowest BCUT2D eigenvalue weighted by Crippen LogP contribution is -2.31. The normalized spacial score (nSPS) is 11.4. The van der Waals surface area contributed by atoms with Gasteiger partial charge in [-0.25, -0.2) is 4.79 Å². The Balaban J connectivity index is 1.55. The second kappa shape index (κ2) is 14.6. The van der Waals surface area contributed by atoms with Crippen molar-refractivity contribution in [3.05, 3.63) is 131 Å². The Morgan fingerprint density at radius 1 is 0.675 bits per heavy atom. The minimum absolute atomic E-state index is 0.347. The highest BCUT2D eigenvalue weighted by Gasteiger charge is 2.14. The maximum Gasteiger partial charge on any atom is 0.409 e. The molecule has 0 spiro atoms. The molecule has 0 saturated heterocycles. The average molecular weight is 536 g/mol. The first-order chi connectivity index (χ1) is 19.6. The van der Waals surface area contributed by atoms with Crippen molar-refractivity contribution in [1.82, 2.24) is 4.90 Å². The van der Waals surface area contributed by atoms with Crippen LogP contribution in [0.2, 0.25) is 0 Å². The van der Waals surface area contributed by atoms with Crippen molar-refractivity contribution in [2.24, 2.45) is 0 Å². The van der Waals surface area contributed by atoms with E-state index in [0.717, 1.165) is 34.6 Å². The molecule has 206 valence electrons. The Morgan fingerprint density at radius 3 is 1.77 bits per heavy atom. The summed E-state index contributed by atoms with van der Waals surface area (Å²) in [5.41, 5.74) is 7.01. The van der Waals surface area contributed by atoms with Crippen LogP contribution in [-0.2, 0) is 11.3 Å². The summed E-state index contributed by atoms with van der Waals surface area (Å²) >= 11 is 0. The van der Waals surface area contributed by atoms with Crippen LogP contribution in [0.1, 0.15) is 42.5 Å². The van der Waals surface area contributed by atoms with E-state index in [1.54, 1.807) is 14.0 Å². The number of carbonyl (C=O) groups is 1. The van der Waals surface area contributed by atoms with Gasteiger partial charge in [0.25, 0.3) is 0 Å². The van der Waals surface area contributed by atoms with Crippen molar-refractivity contribution in [3.8, 4) is 11.5 Å². The molecule has 1 amide bonds. The number of amides is 1. The molecule has 0 aliphatic carbocycles. The lowest BCUT2D eigenvalue weighted by atomic mass is 9.88. The molecule has 0 N–H and O–H groups in total. The molecule has 0 atom stereocenters. The zero-order valence-electron chi connectivity index (χ0n) is 23.5. The van der Waals surface area contributed by atoms with E-state index < -0.39 is 0 Å². The predicted octanol–water partition coefficient (Wildman–Crippen LogP) is 8.10. The van der Waals surface area contributed by atoms with Crippen LogP contribution in [0.3, 0.4) is 0 Å². The van der Waals surface area contributed by atoms with Gasteiger partial charge < -0.3 is 19.1 Å². The fraction of sp³-hybridized carbons (Fsp3) is 0.229. The number of benzene rings is 4. The summed E-state index contributed by atoms with van der Waals surface area (Å²) in [5, 5.41) is 0. The first-order valence-electron chi connectivity index (χ1n) is 13.8. The van der Waals surface area contributed by atoms with E-state index in [2.05, 4.69) is 67.6 Å². The van der Waals surface area contributed by atoms with Crippen LogP contribution < -0.4 is 9.47 Å². The van der Waals surface area contributed by atoms with Crippen LogP contribution in [-0.4, -0.2) is 37.8 Å². The second-order valence-corrected chi connectivity index (χ2v) is 9.37. The van der Waals surface area contributed by atoms with Crippen LogP contribution in [0, 0.1) is 0 Å². The molecule has 40 heavy (non-hydrogen) atoms. The van der Waals surface area contributed by atoms with Gasteiger partial charge in [0.2, 0.25) is 0 Å². The van der Waals surface area contributed by atoms with Crippen molar-refractivity contribution in [3.63, 3.8) is 0 Å². The Kier molecular flexibility index (Phi) is 10.4. The molecule has 0 aliphatic rings. The standard InChI is InChI=1S/C35H37NO4/c1-4-33(28-14-10-7-11-15-28)34(30-18-22-32(23-19-30)40-26-27-12-8-6-9-13-27)29-16-20-31(21-17-29)39-25-24-36(3)35(37)38-5-2/h6-23H,4-5,24-26H2,1-3H3. The molecule has 0 bridgehead atoms. The van der Waals surface area contributed by atoms with Crippen LogP contribution in [0.15, 0.2) is 109 Å². The SMILES string of the molecule is CCOC(=O)N(C)CCOc1ccc(C(=C(CC)c2ccccc2)c2ccc(OCc3ccccc3)cc2)cc1. The fourth-order valence-electron chi connectivity index (χ4n) is 4.48. The first-order valence-corrected chi connectivity index (χ1v) is 13.8. The van der Waals surface area contributed by atoms with Gasteiger partial charge in [0.1, 0.15) is 24.7 Å². The third kappa shape index (κ3) is 7.76. The van der Waals surface area contributed by atoms with Gasteiger partial charge in [0, 0.05) is 7.05 Å². The molecule has 0 radical (unpaired) electrons. The highest BCUT2D eigenvalue weighted by Crippen LogP contribution is 2.35. The van der Waals surface area contributed by atoms with Crippen LogP contribution in [0.25, 0.3) is 11.1 Å². The summed E-state index contributed by atoms with van der Waals surface area (Å²) in [6.07, 6.45) is 0.532. The first kappa shape index (κ1) is 28.5. The summed E-state index contributed by atoms with van der Waals surface area (Å²) in [5.74, 6) is 1.59. The van der Waals surface area contributed by atoms with Crippen molar-refractivity contribution < 1.29 is 19.0 Å². The smallest absolute Gasteiger partial charge is 0.409 e. The molecule has 0 aromatic heterocycles. The maximum absolute atomic E-state index is 11.8. The van der Waals surface area contributed by atoms with Gasteiger partial charge in [-0.3, -0.25) is 0 Å². The molecule has 0 aliphatic heterocycles. The van der Waals surface area contributed by atoms with E-state index in [1.807, 2.05) is 48.5 Å². The van der Waals surface area contributed by atoms with Crippen molar-refractivity contribution in [2.75, 3.05) is 26.8 Å². The largest absolute Gasteiger partial charge is 0.492 e. The molecule has 0 saturated carbocycles. The molecule has 5 heteroatoms. The molecular formula is C35H37NO4. The highest BCUT2D eigenvalue weighted by molar-refractivity contribution is 5.98. The summed E-state index contributed by atoms with van der Waals surface area (Å²) in [7, 11) is 1.70. The summed E-state index contributed by atoms with van der Waals surface area (Å²) in [6.45, 7) is 5.70. The molecular weight excluding hydrogens is 498 g/mol. The Hall–Kier alpha value is -4.51. The number of carbonyl (C=O) groups excluding carboxylic acids is 1. The number of ether oxygens (including phenoxy) is 3. The van der Waals surface area contributed by atoms with E-state index in [0.29, 0.717) is 26.4 Å². The Morgan fingerprint density at radius 2 is 1.23 bits per heavy atom. The molecule has 0 unspecified atom stereocenters. The van der Waals surface area contributed by atoms with Gasteiger partial charge in [-0.05, 0) is 71.0 Å². The Bertz CT molecular complexity index is 1360. The van der Waals surface area contributed by atoms with E-state index in [-0.39, 0.29) is 6.09 Å². The minimum atomic E-state index is -0.347. The number of allylic oxidation sites excluding steroid dienone is 1. The molecule has 5 nitrogen and oxygen atoms in total. The minimum Gasteiger partial charge on any atom is -0.492 e. The van der Waals surface area contributed by atoms with Gasteiger partial charge in [-0.15, -0.1) is 0 Å². The number of hydrogen-bond acceptors (Lipinski definition) is 4. The van der Waals surface area contributed by atoms with Crippen molar-refractivity contribution in [2.45, 2.75) is 26.9 Å². The van der Waals surface area contributed by atoms with Gasteiger partial charge in [0.15, 0.2) is 0 Å². The summed E-state index contributed by atoms with van der Waals surface area (Å²) < 4.78 is 17.0. The highest BCUT2D eigenvalue weighted by atomic mass is 16.6. The number of likely N-dealkylation sites (N-methyl/N-ethyl adjacent to an activating group) is 1. The summed E-state index contributed by atoms with van der Waals surface area (Å²) in [6, 6.07) is 37.2. The second-order valence-electron chi connectivity index (χ2n) is 9.37. The quantitative estimate of drug-likeness (QED) is 0.172. The lowest BCUT2D eigenvalue weighted by Gasteiger charge is -2.18. The van der Waals surface area contributed by atoms with E-state index in [1.165, 1.54) is 21.6 Å². The van der Waals surface area contributed by atoms with E-state index >= 15 is 0 Å². The monoisotopic (exact) mass is 535 g/mol. The van der Waals surface area contributed by atoms with Crippen molar-refractivity contribution in [1.29, 1.82) is 0 Å². The third-order valence-electron chi connectivity index (χ3n) is 6.59. The Labute approximate surface area is 237 Å². The van der Waals surface area contributed by atoms with Gasteiger partial charge in [0.05, 0.1) is 13.2 Å². The third-order valence-corrected chi connectivity index (χ3v) is 6.59. The topological polar surface area (TPSA) is 48.0 Å². The number of hydrogen-bond donors (Lipinski definition) is 0. The predicted molar refractivity (Wildman–Crippen MR) is 161 cm³/mol. The van der Waals surface area contributed by atoms with Crippen LogP contribution in [0.5, 0.6) is 11.5 Å². The fourth-order valence-corrected chi connectivity index (χ4v) is 4.48. The zero-order valence-corrected chi connectivity index (χ0v) is 23.5. The van der Waals surface area contributed by atoms with Gasteiger partial charge in [-0.2, -0.15) is 0 Å². The zero-order chi connectivity index (χ0) is 28.2. The summed E-state index contributed by atoms with van der Waals surface area (Å²) in [4.78, 5) is 13.3. The van der Waals surface area contributed by atoms with Gasteiger partial charge >= 0.3 is 6.09 Å². The van der Waals surface area contributed by atoms with Crippen LogP contribution >= 0.6 is 0 Å². The van der Waals surface area contributed by atoms with Crippen LogP contribution in [0.4, 0.5) is 4.79 Å². The average Bonchev–Trinajstić information content (AvgIpc) is 3.00.